The highest BCUT2D eigenvalue weighted by molar-refractivity contribution is 5.08. The molecule has 1 aliphatic rings. The highest BCUT2D eigenvalue weighted by atomic mass is 16.5. The van der Waals surface area contributed by atoms with Crippen LogP contribution in [0, 0.1) is 5.92 Å². The first-order valence-electron chi connectivity index (χ1n) is 6.59. The van der Waals surface area contributed by atoms with Crippen molar-refractivity contribution >= 4 is 0 Å². The molecule has 1 aromatic rings. The van der Waals surface area contributed by atoms with Crippen molar-refractivity contribution in [2.45, 2.75) is 25.4 Å². The third kappa shape index (κ3) is 2.91. The van der Waals surface area contributed by atoms with E-state index >= 15 is 0 Å². The third-order valence-corrected chi connectivity index (χ3v) is 3.61. The number of nitrogens with two attached hydrogens (primary N) is 1. The lowest BCUT2D eigenvalue weighted by atomic mass is 9.97. The van der Waals surface area contributed by atoms with Gasteiger partial charge in [0.1, 0.15) is 0 Å². The van der Waals surface area contributed by atoms with Gasteiger partial charge in [0.15, 0.2) is 0 Å². The van der Waals surface area contributed by atoms with Gasteiger partial charge in [-0.1, -0.05) is 0 Å². The van der Waals surface area contributed by atoms with E-state index in [-0.39, 0.29) is 6.04 Å². The van der Waals surface area contributed by atoms with Crippen molar-refractivity contribution in [2.24, 2.45) is 11.7 Å². The Kier molecular flexibility index (Phi) is 4.37. The van der Waals surface area contributed by atoms with Gasteiger partial charge in [-0.05, 0) is 27.4 Å². The number of hydrogen-bond donors (Lipinski definition) is 1. The molecule has 3 atom stereocenters. The molecule has 0 spiro atoms. The van der Waals surface area contributed by atoms with Gasteiger partial charge in [-0.15, -0.1) is 0 Å². The minimum atomic E-state index is 0.0274. The maximum absolute atomic E-state index is 6.36. The molecule has 2 N–H and O–H groups in total. The fourth-order valence-corrected chi connectivity index (χ4v) is 2.64. The highest BCUT2D eigenvalue weighted by Crippen LogP contribution is 2.27. The minimum absolute atomic E-state index is 0.0274. The largest absolute Gasteiger partial charge is 0.381 e. The number of ether oxygens (including phenoxy) is 1. The molecular weight excluding hydrogens is 228 g/mol. The van der Waals surface area contributed by atoms with Gasteiger partial charge in [0.05, 0.1) is 24.7 Å². The molecule has 18 heavy (non-hydrogen) atoms. The van der Waals surface area contributed by atoms with E-state index in [9.17, 15) is 0 Å². The van der Waals surface area contributed by atoms with Crippen LogP contribution in [0.25, 0.3) is 0 Å². The summed E-state index contributed by atoms with van der Waals surface area (Å²) in [4.78, 5) is 6.45. The van der Waals surface area contributed by atoms with Crippen molar-refractivity contribution in [3.05, 3.63) is 18.2 Å². The number of likely N-dealkylation sites (N-methyl/N-ethyl adjacent to an activating group) is 1. The second kappa shape index (κ2) is 5.82. The zero-order valence-corrected chi connectivity index (χ0v) is 11.5. The fraction of sp³-hybridized carbons (Fsp3) is 0.769. The number of imidazole rings is 1. The maximum atomic E-state index is 6.36. The van der Waals surface area contributed by atoms with E-state index in [4.69, 9.17) is 10.5 Å². The summed E-state index contributed by atoms with van der Waals surface area (Å²) < 4.78 is 7.62. The number of aromatic nitrogens is 2. The molecule has 1 saturated heterocycles. The topological polar surface area (TPSA) is 56.3 Å². The summed E-state index contributed by atoms with van der Waals surface area (Å²) >= 11 is 0. The quantitative estimate of drug-likeness (QED) is 0.851. The summed E-state index contributed by atoms with van der Waals surface area (Å²) in [6, 6.07) is 0.408. The monoisotopic (exact) mass is 252 g/mol. The summed E-state index contributed by atoms with van der Waals surface area (Å²) in [5.41, 5.74) is 7.48. The standard InChI is InChI=1S/C13H24N4O/c1-10(7-16(2)3)17-9-15-6-12(17)13(14)11-4-5-18-8-11/h6,9-11,13H,4-5,7-8,14H2,1-3H3. The normalized spacial score (nSPS) is 23.5. The van der Waals surface area contributed by atoms with Gasteiger partial charge in [-0.2, -0.15) is 0 Å². The van der Waals surface area contributed by atoms with Crippen LogP contribution in [0.4, 0.5) is 0 Å². The molecule has 0 amide bonds. The molecule has 5 heteroatoms. The van der Waals surface area contributed by atoms with Gasteiger partial charge >= 0.3 is 0 Å². The van der Waals surface area contributed by atoms with Crippen LogP contribution in [-0.2, 0) is 4.74 Å². The smallest absolute Gasteiger partial charge is 0.0951 e. The lowest BCUT2D eigenvalue weighted by Gasteiger charge is -2.24. The van der Waals surface area contributed by atoms with Crippen LogP contribution in [0.3, 0.4) is 0 Å². The summed E-state index contributed by atoms with van der Waals surface area (Å²) in [7, 11) is 4.16. The van der Waals surface area contributed by atoms with E-state index in [1.54, 1.807) is 0 Å². The molecule has 2 heterocycles. The SMILES string of the molecule is CC(CN(C)C)n1cncc1C(N)C1CCOC1. The molecule has 0 bridgehead atoms. The molecule has 0 saturated carbocycles. The van der Waals surface area contributed by atoms with E-state index < -0.39 is 0 Å². The predicted molar refractivity (Wildman–Crippen MR) is 71.3 cm³/mol. The zero-order valence-electron chi connectivity index (χ0n) is 11.5. The molecule has 1 aliphatic heterocycles. The van der Waals surface area contributed by atoms with Gasteiger partial charge in [0.25, 0.3) is 0 Å². The Morgan fingerprint density at radius 2 is 2.39 bits per heavy atom. The maximum Gasteiger partial charge on any atom is 0.0951 e. The average Bonchev–Trinajstić information content (AvgIpc) is 2.98. The first-order chi connectivity index (χ1) is 8.59. The van der Waals surface area contributed by atoms with Crippen LogP contribution in [0.2, 0.25) is 0 Å². The van der Waals surface area contributed by atoms with Crippen LogP contribution in [0.5, 0.6) is 0 Å². The molecular formula is C13H24N4O. The van der Waals surface area contributed by atoms with E-state index in [2.05, 4.69) is 35.5 Å². The summed E-state index contributed by atoms with van der Waals surface area (Å²) in [6.07, 6.45) is 4.84. The van der Waals surface area contributed by atoms with Gasteiger partial charge in [-0.25, -0.2) is 4.98 Å². The van der Waals surface area contributed by atoms with Crippen molar-refractivity contribution in [1.29, 1.82) is 0 Å². The van der Waals surface area contributed by atoms with Crippen molar-refractivity contribution in [3.63, 3.8) is 0 Å². The van der Waals surface area contributed by atoms with Crippen LogP contribution in [0.1, 0.15) is 31.1 Å². The van der Waals surface area contributed by atoms with Crippen molar-refractivity contribution in [2.75, 3.05) is 33.9 Å². The molecule has 5 nitrogen and oxygen atoms in total. The van der Waals surface area contributed by atoms with E-state index in [0.717, 1.165) is 31.9 Å². The predicted octanol–water partition coefficient (Wildman–Crippen LogP) is 1.04. The minimum Gasteiger partial charge on any atom is -0.381 e. The van der Waals surface area contributed by atoms with Gasteiger partial charge in [0, 0.05) is 31.3 Å². The third-order valence-electron chi connectivity index (χ3n) is 3.61. The van der Waals surface area contributed by atoms with Crippen LogP contribution >= 0.6 is 0 Å². The zero-order chi connectivity index (χ0) is 13.1. The molecule has 0 radical (unpaired) electrons. The van der Waals surface area contributed by atoms with Crippen molar-refractivity contribution in [3.8, 4) is 0 Å². The number of nitrogens with zero attached hydrogens (tertiary/aromatic N) is 3. The van der Waals surface area contributed by atoms with Crippen LogP contribution in [0.15, 0.2) is 12.5 Å². The molecule has 0 aliphatic carbocycles. The highest BCUT2D eigenvalue weighted by Gasteiger charge is 2.27. The second-order valence-electron chi connectivity index (χ2n) is 5.49. The van der Waals surface area contributed by atoms with E-state index in [1.807, 2.05) is 12.5 Å². The molecule has 1 aromatic heterocycles. The van der Waals surface area contributed by atoms with Crippen LogP contribution in [-0.4, -0.2) is 48.3 Å². The Hall–Kier alpha value is -0.910. The van der Waals surface area contributed by atoms with Crippen molar-refractivity contribution < 1.29 is 4.74 Å². The molecule has 3 unspecified atom stereocenters. The summed E-state index contributed by atoms with van der Waals surface area (Å²) in [5, 5.41) is 0. The van der Waals surface area contributed by atoms with Crippen LogP contribution < -0.4 is 5.73 Å². The Labute approximate surface area is 109 Å². The van der Waals surface area contributed by atoms with Gasteiger partial charge in [-0.3, -0.25) is 0 Å². The Morgan fingerprint density at radius 1 is 1.61 bits per heavy atom. The number of hydrogen-bond acceptors (Lipinski definition) is 4. The molecule has 1 fully saturated rings. The summed E-state index contributed by atoms with van der Waals surface area (Å²) in [6.45, 7) is 4.79. The average molecular weight is 252 g/mol. The van der Waals surface area contributed by atoms with E-state index in [1.165, 1.54) is 0 Å². The first kappa shape index (κ1) is 13.5. The lowest BCUT2D eigenvalue weighted by molar-refractivity contribution is 0.180. The molecule has 2 rings (SSSR count). The number of rotatable bonds is 5. The van der Waals surface area contributed by atoms with Gasteiger partial charge < -0.3 is 19.9 Å². The molecule has 102 valence electrons. The first-order valence-corrected chi connectivity index (χ1v) is 6.59. The Bertz CT molecular complexity index is 371. The van der Waals surface area contributed by atoms with Gasteiger partial charge in [0.2, 0.25) is 0 Å². The Balaban J connectivity index is 2.10. The second-order valence-corrected chi connectivity index (χ2v) is 5.49. The van der Waals surface area contributed by atoms with E-state index in [0.29, 0.717) is 12.0 Å². The molecule has 0 aromatic carbocycles. The Morgan fingerprint density at radius 3 is 3.00 bits per heavy atom. The lowest BCUT2D eigenvalue weighted by Crippen LogP contribution is -2.28. The van der Waals surface area contributed by atoms with Crippen molar-refractivity contribution in [1.82, 2.24) is 14.5 Å². The fourth-order valence-electron chi connectivity index (χ4n) is 2.64. The summed E-state index contributed by atoms with van der Waals surface area (Å²) in [5.74, 6) is 0.423.